The average molecular weight is 234 g/mol. The van der Waals surface area contributed by atoms with Crippen molar-refractivity contribution in [2.24, 2.45) is 0 Å². The number of rotatable bonds is 6. The van der Waals surface area contributed by atoms with Gasteiger partial charge in [0, 0.05) is 6.54 Å². The van der Waals surface area contributed by atoms with E-state index in [9.17, 15) is 8.78 Å². The molecule has 0 aliphatic rings. The number of aromatic nitrogens is 3. The molecule has 1 aromatic rings. The molecule has 0 amide bonds. The molecule has 1 heterocycles. The number of hydrogen-bond donors (Lipinski definition) is 1. The summed E-state index contributed by atoms with van der Waals surface area (Å²) >= 11 is 0. The van der Waals surface area contributed by atoms with Gasteiger partial charge in [-0.3, -0.25) is 0 Å². The van der Waals surface area contributed by atoms with E-state index in [0.29, 0.717) is 6.54 Å². The monoisotopic (exact) mass is 234 g/mol. The number of anilines is 1. The van der Waals surface area contributed by atoms with Crippen molar-refractivity contribution in [3.05, 3.63) is 0 Å². The van der Waals surface area contributed by atoms with Crippen LogP contribution in [0.15, 0.2) is 0 Å². The molecule has 1 rings (SSSR count). The van der Waals surface area contributed by atoms with Gasteiger partial charge >= 0.3 is 12.0 Å². The second-order valence-electron chi connectivity index (χ2n) is 2.66. The molecule has 1 N–H and O–H groups in total. The van der Waals surface area contributed by atoms with E-state index in [1.54, 1.807) is 0 Å². The molecule has 0 radical (unpaired) electrons. The first kappa shape index (κ1) is 12.3. The Balaban J connectivity index is 2.77. The maximum atomic E-state index is 11.9. The molecular formula is C8H12F2N4O2. The van der Waals surface area contributed by atoms with Gasteiger partial charge in [0.2, 0.25) is 5.95 Å². The van der Waals surface area contributed by atoms with Crippen LogP contribution in [0.25, 0.3) is 0 Å². The van der Waals surface area contributed by atoms with Crippen molar-refractivity contribution >= 4 is 5.95 Å². The maximum Gasteiger partial charge on any atom is 0.324 e. The van der Waals surface area contributed by atoms with Crippen molar-refractivity contribution in [1.29, 1.82) is 0 Å². The third-order valence-corrected chi connectivity index (χ3v) is 1.45. The zero-order valence-electron chi connectivity index (χ0n) is 8.91. The first-order chi connectivity index (χ1) is 7.65. The lowest BCUT2D eigenvalue weighted by Crippen LogP contribution is -2.12. The zero-order valence-corrected chi connectivity index (χ0v) is 8.91. The highest BCUT2D eigenvalue weighted by Crippen LogP contribution is 2.12. The van der Waals surface area contributed by atoms with E-state index < -0.39 is 13.0 Å². The molecule has 16 heavy (non-hydrogen) atoms. The Labute approximate surface area is 91.0 Å². The highest BCUT2D eigenvalue weighted by molar-refractivity contribution is 5.27. The van der Waals surface area contributed by atoms with Crippen LogP contribution in [0.4, 0.5) is 14.7 Å². The summed E-state index contributed by atoms with van der Waals surface area (Å²) in [5.74, 6) is 0.221. The zero-order chi connectivity index (χ0) is 12.0. The van der Waals surface area contributed by atoms with Crippen LogP contribution in [-0.2, 0) is 0 Å². The van der Waals surface area contributed by atoms with E-state index in [1.807, 2.05) is 6.92 Å². The fraction of sp³-hybridized carbons (Fsp3) is 0.625. The smallest absolute Gasteiger partial charge is 0.324 e. The number of ether oxygens (including phenoxy) is 2. The fourth-order valence-electron chi connectivity index (χ4n) is 0.869. The lowest BCUT2D eigenvalue weighted by Gasteiger charge is -2.07. The summed E-state index contributed by atoms with van der Waals surface area (Å²) in [4.78, 5) is 11.3. The minimum atomic E-state index is -2.58. The van der Waals surface area contributed by atoms with Crippen LogP contribution >= 0.6 is 0 Å². The molecule has 6 nitrogen and oxygen atoms in total. The predicted molar refractivity (Wildman–Crippen MR) is 52.0 cm³/mol. The highest BCUT2D eigenvalue weighted by Gasteiger charge is 2.10. The van der Waals surface area contributed by atoms with Crippen LogP contribution in [0.5, 0.6) is 12.0 Å². The molecule has 0 saturated heterocycles. The van der Waals surface area contributed by atoms with Crippen molar-refractivity contribution in [3.8, 4) is 12.0 Å². The Morgan fingerprint density at radius 2 is 1.94 bits per heavy atom. The topological polar surface area (TPSA) is 69.2 Å². The van der Waals surface area contributed by atoms with Gasteiger partial charge in [-0.05, 0) is 6.92 Å². The van der Waals surface area contributed by atoms with Crippen LogP contribution in [0.3, 0.4) is 0 Å². The number of alkyl halides is 2. The van der Waals surface area contributed by atoms with Crippen molar-refractivity contribution < 1.29 is 18.3 Å². The second-order valence-corrected chi connectivity index (χ2v) is 2.66. The van der Waals surface area contributed by atoms with Gasteiger partial charge in [-0.15, -0.1) is 4.98 Å². The van der Waals surface area contributed by atoms with Crippen LogP contribution < -0.4 is 14.8 Å². The van der Waals surface area contributed by atoms with Gasteiger partial charge in [-0.2, -0.15) is 9.97 Å². The molecule has 0 aliphatic heterocycles. The van der Waals surface area contributed by atoms with Gasteiger partial charge in [-0.25, -0.2) is 8.78 Å². The van der Waals surface area contributed by atoms with Gasteiger partial charge in [0.15, 0.2) is 6.61 Å². The molecule has 8 heteroatoms. The molecule has 0 spiro atoms. The van der Waals surface area contributed by atoms with Gasteiger partial charge in [0.25, 0.3) is 6.43 Å². The van der Waals surface area contributed by atoms with Crippen LogP contribution in [0, 0.1) is 0 Å². The summed E-state index contributed by atoms with van der Waals surface area (Å²) in [7, 11) is 1.36. The Hall–Kier alpha value is -1.73. The van der Waals surface area contributed by atoms with Crippen LogP contribution in [0.1, 0.15) is 6.92 Å². The molecule has 0 bridgehead atoms. The first-order valence-electron chi connectivity index (χ1n) is 4.60. The van der Waals surface area contributed by atoms with Crippen LogP contribution in [-0.4, -0.2) is 41.6 Å². The van der Waals surface area contributed by atoms with Crippen molar-refractivity contribution in [2.75, 3.05) is 25.6 Å². The second kappa shape index (κ2) is 5.99. The summed E-state index contributed by atoms with van der Waals surface area (Å²) in [5.41, 5.74) is 0. The largest absolute Gasteiger partial charge is 0.467 e. The molecule has 1 aromatic heterocycles. The van der Waals surface area contributed by atoms with E-state index in [-0.39, 0.29) is 18.0 Å². The summed E-state index contributed by atoms with van der Waals surface area (Å²) in [6, 6.07) is -0.182. The summed E-state index contributed by atoms with van der Waals surface area (Å²) in [6.45, 7) is 1.66. The van der Waals surface area contributed by atoms with E-state index in [4.69, 9.17) is 4.74 Å². The van der Waals surface area contributed by atoms with E-state index >= 15 is 0 Å². The Bertz CT molecular complexity index is 338. The Morgan fingerprint density at radius 3 is 2.50 bits per heavy atom. The highest BCUT2D eigenvalue weighted by atomic mass is 19.3. The number of nitrogens with zero attached hydrogens (tertiary/aromatic N) is 3. The predicted octanol–water partition coefficient (Wildman–Crippen LogP) is 0.956. The molecule has 90 valence electrons. The lowest BCUT2D eigenvalue weighted by molar-refractivity contribution is 0.0764. The number of hydrogen-bond acceptors (Lipinski definition) is 6. The number of halogens is 2. The van der Waals surface area contributed by atoms with E-state index in [0.717, 1.165) is 0 Å². The molecule has 0 unspecified atom stereocenters. The molecule has 0 atom stereocenters. The normalized spacial score (nSPS) is 10.3. The van der Waals surface area contributed by atoms with E-state index in [1.165, 1.54) is 7.11 Å². The van der Waals surface area contributed by atoms with Gasteiger partial charge in [0.05, 0.1) is 7.11 Å². The fourth-order valence-corrected chi connectivity index (χ4v) is 0.869. The molecular weight excluding hydrogens is 222 g/mol. The minimum Gasteiger partial charge on any atom is -0.467 e. The van der Waals surface area contributed by atoms with Crippen molar-refractivity contribution in [3.63, 3.8) is 0 Å². The maximum absolute atomic E-state index is 11.9. The number of nitrogens with one attached hydrogen (secondary N) is 1. The number of methoxy groups -OCH3 is 1. The first-order valence-corrected chi connectivity index (χ1v) is 4.60. The van der Waals surface area contributed by atoms with Crippen molar-refractivity contribution in [2.45, 2.75) is 13.3 Å². The van der Waals surface area contributed by atoms with Gasteiger partial charge in [0.1, 0.15) is 0 Å². The van der Waals surface area contributed by atoms with E-state index in [2.05, 4.69) is 25.0 Å². The Kier molecular flexibility index (Phi) is 4.62. The van der Waals surface area contributed by atoms with Gasteiger partial charge in [-0.1, -0.05) is 0 Å². The molecule has 0 fully saturated rings. The lowest BCUT2D eigenvalue weighted by atomic mass is 10.7. The SMILES string of the molecule is CCNc1nc(OC)nc(OCC(F)F)n1. The average Bonchev–Trinajstić information content (AvgIpc) is 2.26. The van der Waals surface area contributed by atoms with Crippen molar-refractivity contribution in [1.82, 2.24) is 15.0 Å². The third-order valence-electron chi connectivity index (χ3n) is 1.45. The molecule has 0 aromatic carbocycles. The van der Waals surface area contributed by atoms with Gasteiger partial charge < -0.3 is 14.8 Å². The quantitative estimate of drug-likeness (QED) is 0.790. The third kappa shape index (κ3) is 3.79. The summed E-state index contributed by atoms with van der Waals surface area (Å²) in [5, 5.41) is 2.80. The standard InChI is InChI=1S/C8H12F2N4O2/c1-3-11-6-12-7(15-2)14-8(13-6)16-4-5(9)10/h5H,3-4H2,1-2H3,(H,11,12,13,14). The molecule has 0 saturated carbocycles. The van der Waals surface area contributed by atoms with Crippen LogP contribution in [0.2, 0.25) is 0 Å². The molecule has 0 aliphatic carbocycles. The Morgan fingerprint density at radius 1 is 1.25 bits per heavy atom. The minimum absolute atomic E-state index is 0.00946. The summed E-state index contributed by atoms with van der Waals surface area (Å²) in [6.07, 6.45) is -2.58. The summed E-state index contributed by atoms with van der Waals surface area (Å²) < 4.78 is 33.3.